The van der Waals surface area contributed by atoms with E-state index in [2.05, 4.69) is 24.0 Å². The Morgan fingerprint density at radius 3 is 2.53 bits per heavy atom. The summed E-state index contributed by atoms with van der Waals surface area (Å²) in [6, 6.07) is 8.47. The number of hydrogen-bond donors (Lipinski definition) is 2. The minimum Gasteiger partial charge on any atom is -0.392 e. The summed E-state index contributed by atoms with van der Waals surface area (Å²) in [6.45, 7) is 5.44. The van der Waals surface area contributed by atoms with Crippen molar-refractivity contribution in [3.8, 4) is 0 Å². The summed E-state index contributed by atoms with van der Waals surface area (Å²) in [5.74, 6) is 0.642. The predicted molar refractivity (Wildman–Crippen MR) is 69.4 cm³/mol. The topological polar surface area (TPSA) is 49.5 Å². The number of likely N-dealkylation sites (tertiary alicyclic amines) is 1. The van der Waals surface area contributed by atoms with E-state index in [0.29, 0.717) is 12.0 Å². The Kier molecular flexibility index (Phi) is 4.15. The molecule has 17 heavy (non-hydrogen) atoms. The minimum absolute atomic E-state index is 0.117. The second-order valence-electron chi connectivity index (χ2n) is 5.14. The van der Waals surface area contributed by atoms with E-state index in [-0.39, 0.29) is 6.61 Å². The van der Waals surface area contributed by atoms with E-state index >= 15 is 0 Å². The molecule has 1 saturated heterocycles. The van der Waals surface area contributed by atoms with Crippen molar-refractivity contribution in [2.24, 2.45) is 11.7 Å². The van der Waals surface area contributed by atoms with Gasteiger partial charge in [-0.05, 0) is 30.0 Å². The Morgan fingerprint density at radius 2 is 1.94 bits per heavy atom. The molecule has 0 saturated carbocycles. The SMILES string of the molecule is CC1CCN(Cc2ccc(CO)cc2)CC1N. The summed E-state index contributed by atoms with van der Waals surface area (Å²) < 4.78 is 0. The molecule has 1 aromatic carbocycles. The van der Waals surface area contributed by atoms with Gasteiger partial charge in [-0.2, -0.15) is 0 Å². The second-order valence-corrected chi connectivity index (χ2v) is 5.14. The fourth-order valence-corrected chi connectivity index (χ4v) is 2.32. The molecule has 1 aliphatic rings. The van der Waals surface area contributed by atoms with Crippen LogP contribution in [0.25, 0.3) is 0 Å². The number of aliphatic hydroxyl groups is 1. The second kappa shape index (κ2) is 5.63. The molecule has 3 N–H and O–H groups in total. The van der Waals surface area contributed by atoms with Crippen LogP contribution in [0.15, 0.2) is 24.3 Å². The molecule has 3 nitrogen and oxygen atoms in total. The Bertz CT molecular complexity index is 350. The average Bonchev–Trinajstić information content (AvgIpc) is 2.35. The van der Waals surface area contributed by atoms with E-state index in [1.807, 2.05) is 12.1 Å². The van der Waals surface area contributed by atoms with Gasteiger partial charge in [-0.25, -0.2) is 0 Å². The first-order chi connectivity index (χ1) is 8.19. The van der Waals surface area contributed by atoms with Gasteiger partial charge in [-0.1, -0.05) is 31.2 Å². The Hall–Kier alpha value is -0.900. The highest BCUT2D eigenvalue weighted by Gasteiger charge is 2.22. The van der Waals surface area contributed by atoms with Crippen LogP contribution in [-0.2, 0) is 13.2 Å². The number of benzene rings is 1. The summed E-state index contributed by atoms with van der Waals surface area (Å²) in [5, 5.41) is 8.99. The van der Waals surface area contributed by atoms with E-state index < -0.39 is 0 Å². The van der Waals surface area contributed by atoms with Gasteiger partial charge in [0.05, 0.1) is 6.61 Å². The van der Waals surface area contributed by atoms with Gasteiger partial charge in [0.2, 0.25) is 0 Å². The molecule has 3 heteroatoms. The van der Waals surface area contributed by atoms with Crippen molar-refractivity contribution in [1.29, 1.82) is 0 Å². The van der Waals surface area contributed by atoms with Crippen molar-refractivity contribution in [2.75, 3.05) is 13.1 Å². The van der Waals surface area contributed by atoms with Crippen molar-refractivity contribution in [3.05, 3.63) is 35.4 Å². The monoisotopic (exact) mass is 234 g/mol. The van der Waals surface area contributed by atoms with E-state index in [1.54, 1.807) is 0 Å². The van der Waals surface area contributed by atoms with Gasteiger partial charge in [0, 0.05) is 19.1 Å². The van der Waals surface area contributed by atoms with Crippen molar-refractivity contribution >= 4 is 0 Å². The molecule has 1 fully saturated rings. The number of rotatable bonds is 3. The number of piperidine rings is 1. The lowest BCUT2D eigenvalue weighted by Gasteiger charge is -2.35. The van der Waals surface area contributed by atoms with Gasteiger partial charge >= 0.3 is 0 Å². The van der Waals surface area contributed by atoms with Gasteiger partial charge in [0.1, 0.15) is 0 Å². The highest BCUT2D eigenvalue weighted by molar-refractivity contribution is 5.21. The minimum atomic E-state index is 0.117. The van der Waals surface area contributed by atoms with Crippen LogP contribution < -0.4 is 5.73 Å². The van der Waals surface area contributed by atoms with Gasteiger partial charge < -0.3 is 10.8 Å². The van der Waals surface area contributed by atoms with Crippen molar-refractivity contribution < 1.29 is 5.11 Å². The molecule has 0 aromatic heterocycles. The highest BCUT2D eigenvalue weighted by Crippen LogP contribution is 2.17. The van der Waals surface area contributed by atoms with Gasteiger partial charge in [0.15, 0.2) is 0 Å². The Labute approximate surface area is 103 Å². The number of aliphatic hydroxyl groups excluding tert-OH is 1. The average molecular weight is 234 g/mol. The largest absolute Gasteiger partial charge is 0.392 e. The van der Waals surface area contributed by atoms with Crippen LogP contribution >= 0.6 is 0 Å². The Balaban J connectivity index is 1.92. The molecule has 1 heterocycles. The van der Waals surface area contributed by atoms with Crippen LogP contribution in [0, 0.1) is 5.92 Å². The number of nitrogens with two attached hydrogens (primary N) is 1. The van der Waals surface area contributed by atoms with Crippen LogP contribution in [0.3, 0.4) is 0 Å². The molecule has 0 amide bonds. The van der Waals surface area contributed by atoms with Gasteiger partial charge in [-0.3, -0.25) is 4.90 Å². The number of hydrogen-bond acceptors (Lipinski definition) is 3. The summed E-state index contributed by atoms with van der Waals surface area (Å²) in [5.41, 5.74) is 8.36. The number of nitrogens with zero attached hydrogens (tertiary/aromatic N) is 1. The normalized spacial score (nSPS) is 26.1. The van der Waals surface area contributed by atoms with Gasteiger partial charge in [0.25, 0.3) is 0 Å². The van der Waals surface area contributed by atoms with Crippen LogP contribution in [0.4, 0.5) is 0 Å². The van der Waals surface area contributed by atoms with E-state index in [9.17, 15) is 0 Å². The fourth-order valence-electron chi connectivity index (χ4n) is 2.32. The zero-order chi connectivity index (χ0) is 12.3. The fraction of sp³-hybridized carbons (Fsp3) is 0.571. The van der Waals surface area contributed by atoms with Crippen LogP contribution in [0.5, 0.6) is 0 Å². The van der Waals surface area contributed by atoms with Crippen molar-refractivity contribution in [3.63, 3.8) is 0 Å². The lowest BCUT2D eigenvalue weighted by molar-refractivity contribution is 0.162. The Morgan fingerprint density at radius 1 is 1.29 bits per heavy atom. The standard InChI is InChI=1S/C14H22N2O/c1-11-6-7-16(9-14(11)15)8-12-2-4-13(10-17)5-3-12/h2-5,11,14,17H,6-10,15H2,1H3. The maximum Gasteiger partial charge on any atom is 0.0681 e. The van der Waals surface area contributed by atoms with E-state index in [0.717, 1.165) is 25.2 Å². The first-order valence-corrected chi connectivity index (χ1v) is 6.35. The first kappa shape index (κ1) is 12.6. The molecule has 0 radical (unpaired) electrons. The smallest absolute Gasteiger partial charge is 0.0681 e. The molecule has 1 aromatic rings. The third-order valence-corrected chi connectivity index (χ3v) is 3.71. The van der Waals surface area contributed by atoms with Crippen LogP contribution in [0.1, 0.15) is 24.5 Å². The molecular weight excluding hydrogens is 212 g/mol. The molecular formula is C14H22N2O. The molecule has 2 atom stereocenters. The molecule has 1 aliphatic heterocycles. The van der Waals surface area contributed by atoms with Crippen molar-refractivity contribution in [2.45, 2.75) is 32.5 Å². The summed E-state index contributed by atoms with van der Waals surface area (Å²) in [4.78, 5) is 2.42. The summed E-state index contributed by atoms with van der Waals surface area (Å²) >= 11 is 0. The third kappa shape index (κ3) is 3.28. The zero-order valence-electron chi connectivity index (χ0n) is 10.5. The summed E-state index contributed by atoms with van der Waals surface area (Å²) in [6.07, 6.45) is 1.19. The predicted octanol–water partition coefficient (Wildman–Crippen LogP) is 1.35. The maximum atomic E-state index is 8.99. The lowest BCUT2D eigenvalue weighted by Crippen LogP contribution is -2.47. The zero-order valence-corrected chi connectivity index (χ0v) is 10.5. The quantitative estimate of drug-likeness (QED) is 0.830. The van der Waals surface area contributed by atoms with E-state index in [4.69, 9.17) is 10.8 Å². The maximum absolute atomic E-state index is 8.99. The van der Waals surface area contributed by atoms with Crippen LogP contribution in [-0.4, -0.2) is 29.1 Å². The molecule has 94 valence electrons. The first-order valence-electron chi connectivity index (χ1n) is 6.35. The molecule has 2 rings (SSSR count). The lowest BCUT2D eigenvalue weighted by atomic mass is 9.94. The molecule has 2 unspecified atom stereocenters. The van der Waals surface area contributed by atoms with Crippen molar-refractivity contribution in [1.82, 2.24) is 4.90 Å². The highest BCUT2D eigenvalue weighted by atomic mass is 16.3. The molecule has 0 bridgehead atoms. The molecule has 0 spiro atoms. The third-order valence-electron chi connectivity index (χ3n) is 3.71. The molecule has 0 aliphatic carbocycles. The summed E-state index contributed by atoms with van der Waals surface area (Å²) in [7, 11) is 0. The van der Waals surface area contributed by atoms with Gasteiger partial charge in [-0.15, -0.1) is 0 Å². The van der Waals surface area contributed by atoms with E-state index in [1.165, 1.54) is 12.0 Å². The van der Waals surface area contributed by atoms with Crippen LogP contribution in [0.2, 0.25) is 0 Å².